The van der Waals surface area contributed by atoms with Crippen molar-refractivity contribution in [3.8, 4) is 5.69 Å². The van der Waals surface area contributed by atoms with Crippen LogP contribution in [0.1, 0.15) is 28.4 Å². The first-order valence-electron chi connectivity index (χ1n) is 8.44. The molecule has 0 atom stereocenters. The van der Waals surface area contributed by atoms with Crippen LogP contribution in [0.2, 0.25) is 0 Å². The number of rotatable bonds is 6. The Bertz CT molecular complexity index is 1050. The fourth-order valence-electron chi connectivity index (χ4n) is 2.60. The lowest BCUT2D eigenvalue weighted by molar-refractivity contribution is -0.114. The summed E-state index contributed by atoms with van der Waals surface area (Å²) in [5, 5.41) is 14.6. The van der Waals surface area contributed by atoms with E-state index in [2.05, 4.69) is 20.8 Å². The zero-order chi connectivity index (χ0) is 20.3. The first-order chi connectivity index (χ1) is 13.3. The number of carbonyl (C=O) groups excluding carboxylic acids is 2. The van der Waals surface area contributed by atoms with Crippen LogP contribution in [0, 0.1) is 19.7 Å². The van der Waals surface area contributed by atoms with Crippen LogP contribution >= 0.6 is 11.8 Å². The highest BCUT2D eigenvalue weighted by atomic mass is 32.2. The summed E-state index contributed by atoms with van der Waals surface area (Å²) in [6, 6.07) is 9.89. The maximum Gasteiger partial charge on any atom is 0.221 e. The molecule has 0 fully saturated rings. The van der Waals surface area contributed by atoms with Gasteiger partial charge in [-0.1, -0.05) is 23.9 Å². The molecule has 0 unspecified atom stereocenters. The Kier molecular flexibility index (Phi) is 5.84. The lowest BCUT2D eigenvalue weighted by Gasteiger charge is -2.09. The van der Waals surface area contributed by atoms with E-state index in [-0.39, 0.29) is 17.2 Å². The number of Topliss-reactive ketones (excluding diaryl/α,β-unsaturated/α-hetero) is 1. The summed E-state index contributed by atoms with van der Waals surface area (Å²) in [5.41, 5.74) is 3.13. The number of hydrogen-bond acceptors (Lipinski definition) is 6. The normalized spacial score (nSPS) is 10.7. The third-order valence-corrected chi connectivity index (χ3v) is 4.88. The molecule has 0 radical (unpaired) electrons. The molecule has 0 aliphatic rings. The van der Waals surface area contributed by atoms with Crippen molar-refractivity contribution in [3.63, 3.8) is 0 Å². The van der Waals surface area contributed by atoms with Gasteiger partial charge >= 0.3 is 0 Å². The summed E-state index contributed by atoms with van der Waals surface area (Å²) < 4.78 is 15.8. The van der Waals surface area contributed by atoms with Gasteiger partial charge < -0.3 is 5.32 Å². The molecule has 0 saturated heterocycles. The van der Waals surface area contributed by atoms with Crippen molar-refractivity contribution in [2.24, 2.45) is 0 Å². The number of thioether (sulfide) groups is 1. The van der Waals surface area contributed by atoms with Crippen molar-refractivity contribution in [1.29, 1.82) is 0 Å². The van der Waals surface area contributed by atoms with E-state index < -0.39 is 11.6 Å². The number of ketones is 1. The minimum Gasteiger partial charge on any atom is -0.326 e. The number of tetrazole rings is 1. The molecule has 144 valence electrons. The van der Waals surface area contributed by atoms with Gasteiger partial charge in [0, 0.05) is 12.6 Å². The Morgan fingerprint density at radius 3 is 2.68 bits per heavy atom. The molecular formula is C19H18FN5O2S. The van der Waals surface area contributed by atoms with Crippen LogP contribution in [0.25, 0.3) is 5.69 Å². The molecule has 1 heterocycles. The average Bonchev–Trinajstić information content (AvgIpc) is 3.09. The number of aryl methyl sites for hydroxylation is 2. The molecule has 0 aliphatic carbocycles. The van der Waals surface area contributed by atoms with E-state index in [1.165, 1.54) is 19.1 Å². The van der Waals surface area contributed by atoms with E-state index in [1.54, 1.807) is 4.68 Å². The number of hydrogen-bond donors (Lipinski definition) is 1. The van der Waals surface area contributed by atoms with Crippen molar-refractivity contribution in [3.05, 3.63) is 58.9 Å². The van der Waals surface area contributed by atoms with Gasteiger partial charge in [-0.3, -0.25) is 9.59 Å². The molecule has 3 rings (SSSR count). The van der Waals surface area contributed by atoms with Crippen molar-refractivity contribution in [1.82, 2.24) is 20.2 Å². The van der Waals surface area contributed by atoms with E-state index in [0.29, 0.717) is 10.8 Å². The predicted molar refractivity (Wildman–Crippen MR) is 104 cm³/mol. The van der Waals surface area contributed by atoms with E-state index in [4.69, 9.17) is 0 Å². The second-order valence-corrected chi connectivity index (χ2v) is 7.19. The van der Waals surface area contributed by atoms with E-state index in [9.17, 15) is 14.0 Å². The van der Waals surface area contributed by atoms with Crippen LogP contribution in [0.5, 0.6) is 0 Å². The van der Waals surface area contributed by atoms with Crippen LogP contribution in [-0.4, -0.2) is 37.7 Å². The molecule has 7 nitrogen and oxygen atoms in total. The van der Waals surface area contributed by atoms with Gasteiger partial charge in [0.1, 0.15) is 5.82 Å². The van der Waals surface area contributed by atoms with Crippen LogP contribution in [0.15, 0.2) is 41.6 Å². The minimum atomic E-state index is -0.689. The fraction of sp³-hybridized carbons (Fsp3) is 0.211. The van der Waals surface area contributed by atoms with Crippen molar-refractivity contribution in [2.45, 2.75) is 25.9 Å². The van der Waals surface area contributed by atoms with Gasteiger partial charge in [-0.25, -0.2) is 4.39 Å². The summed E-state index contributed by atoms with van der Waals surface area (Å²) in [4.78, 5) is 23.5. The van der Waals surface area contributed by atoms with Crippen LogP contribution in [0.3, 0.4) is 0 Å². The number of nitrogens with one attached hydrogen (secondary N) is 1. The van der Waals surface area contributed by atoms with Crippen molar-refractivity contribution < 1.29 is 14.0 Å². The number of anilines is 1. The molecule has 3 aromatic rings. The topological polar surface area (TPSA) is 89.8 Å². The van der Waals surface area contributed by atoms with Gasteiger partial charge in [0.15, 0.2) is 5.78 Å². The Hall–Kier alpha value is -3.07. The Morgan fingerprint density at radius 1 is 1.18 bits per heavy atom. The average molecular weight is 399 g/mol. The Labute approximate surface area is 165 Å². The van der Waals surface area contributed by atoms with Gasteiger partial charge in [0.05, 0.1) is 17.0 Å². The van der Waals surface area contributed by atoms with Crippen LogP contribution < -0.4 is 5.32 Å². The summed E-state index contributed by atoms with van der Waals surface area (Å²) in [5.74, 6) is -1.42. The molecule has 0 bridgehead atoms. The SMILES string of the molecule is CC(=O)Nc1ccc(C(=O)CSc2nnnn2-c2cc(C)ccc2C)c(F)c1. The molecule has 0 spiro atoms. The van der Waals surface area contributed by atoms with Gasteiger partial charge in [-0.2, -0.15) is 4.68 Å². The zero-order valence-electron chi connectivity index (χ0n) is 15.6. The molecule has 0 saturated carbocycles. The summed E-state index contributed by atoms with van der Waals surface area (Å²) in [6.07, 6.45) is 0. The first-order valence-corrected chi connectivity index (χ1v) is 9.43. The highest BCUT2D eigenvalue weighted by Crippen LogP contribution is 2.23. The number of halogens is 1. The number of nitrogens with zero attached hydrogens (tertiary/aromatic N) is 4. The monoisotopic (exact) mass is 399 g/mol. The Balaban J connectivity index is 1.75. The van der Waals surface area contributed by atoms with Crippen molar-refractivity contribution >= 4 is 29.1 Å². The molecule has 1 N–H and O–H groups in total. The molecule has 2 aromatic carbocycles. The molecular weight excluding hydrogens is 381 g/mol. The quantitative estimate of drug-likeness (QED) is 0.505. The number of carbonyl (C=O) groups is 2. The second kappa shape index (κ2) is 8.30. The summed E-state index contributed by atoms with van der Waals surface area (Å²) in [7, 11) is 0. The smallest absolute Gasteiger partial charge is 0.221 e. The third-order valence-electron chi connectivity index (χ3n) is 3.96. The number of benzene rings is 2. The summed E-state index contributed by atoms with van der Waals surface area (Å²) >= 11 is 1.13. The highest BCUT2D eigenvalue weighted by Gasteiger charge is 2.17. The lowest BCUT2D eigenvalue weighted by Crippen LogP contribution is -2.10. The molecule has 1 aromatic heterocycles. The molecule has 28 heavy (non-hydrogen) atoms. The molecule has 1 amide bonds. The third kappa shape index (κ3) is 4.42. The van der Waals surface area contributed by atoms with Gasteiger partial charge in [0.2, 0.25) is 11.1 Å². The zero-order valence-corrected chi connectivity index (χ0v) is 16.4. The maximum absolute atomic E-state index is 14.2. The van der Waals surface area contributed by atoms with Gasteiger partial charge in [-0.15, -0.1) is 5.10 Å². The second-order valence-electron chi connectivity index (χ2n) is 6.25. The summed E-state index contributed by atoms with van der Waals surface area (Å²) in [6.45, 7) is 5.24. The minimum absolute atomic E-state index is 0.0262. The predicted octanol–water partition coefficient (Wildman–Crippen LogP) is 3.35. The van der Waals surface area contributed by atoms with E-state index in [1.807, 2.05) is 32.0 Å². The number of aromatic nitrogens is 4. The van der Waals surface area contributed by atoms with Crippen LogP contribution in [0.4, 0.5) is 10.1 Å². The number of amides is 1. The fourth-order valence-corrected chi connectivity index (χ4v) is 3.36. The van der Waals surface area contributed by atoms with E-state index in [0.717, 1.165) is 34.6 Å². The highest BCUT2D eigenvalue weighted by molar-refractivity contribution is 7.99. The van der Waals surface area contributed by atoms with Crippen molar-refractivity contribution in [2.75, 3.05) is 11.1 Å². The van der Waals surface area contributed by atoms with Crippen LogP contribution in [-0.2, 0) is 4.79 Å². The van der Waals surface area contributed by atoms with Gasteiger partial charge in [-0.05, 0) is 59.7 Å². The molecule has 0 aliphatic heterocycles. The van der Waals surface area contributed by atoms with Gasteiger partial charge in [0.25, 0.3) is 0 Å². The molecule has 9 heteroatoms. The lowest BCUT2D eigenvalue weighted by atomic mass is 10.1. The largest absolute Gasteiger partial charge is 0.326 e. The van der Waals surface area contributed by atoms with E-state index >= 15 is 0 Å². The Morgan fingerprint density at radius 2 is 1.96 bits per heavy atom. The first kappa shape index (κ1) is 19.7. The maximum atomic E-state index is 14.2. The standard InChI is InChI=1S/C19H18FN5O2S/c1-11-4-5-12(2)17(8-11)25-19(22-23-24-25)28-10-18(27)15-7-6-14(9-16(15)20)21-13(3)26/h4-9H,10H2,1-3H3,(H,21,26).